The number of aliphatic hydroxyl groups excluding tert-OH is 7. The second-order valence-electron chi connectivity index (χ2n) is 13.8. The van der Waals surface area contributed by atoms with Gasteiger partial charge in [0.15, 0.2) is 81.1 Å². The van der Waals surface area contributed by atoms with Gasteiger partial charge in [0.2, 0.25) is 31.2 Å². The van der Waals surface area contributed by atoms with E-state index in [0.29, 0.717) is 0 Å². The van der Waals surface area contributed by atoms with Crippen molar-refractivity contribution in [2.75, 3.05) is 40.6 Å². The molecule has 4 saturated heterocycles. The van der Waals surface area contributed by atoms with Gasteiger partial charge in [0.1, 0.15) is 79.4 Å². The van der Waals surface area contributed by atoms with E-state index < -0.39 is 191 Å². The monoisotopic (exact) mass is 1360 g/mol. The van der Waals surface area contributed by atoms with Gasteiger partial charge in [0, 0.05) is 66.2 Å². The van der Waals surface area contributed by atoms with Crippen molar-refractivity contribution in [1.82, 2.24) is 0 Å². The molecule has 0 aromatic rings. The lowest BCUT2D eigenvalue weighted by Gasteiger charge is -2.49. The highest BCUT2D eigenvalue weighted by atomic mass is 32.3. The zero-order chi connectivity index (χ0) is 58.4. The number of hydrogen-bond donors (Lipinski definition) is 8. The molecule has 4 aliphatic heterocycles. The van der Waals surface area contributed by atoms with Crippen LogP contribution in [0.3, 0.4) is 0 Å². The van der Waals surface area contributed by atoms with Crippen molar-refractivity contribution in [3.05, 3.63) is 52.0 Å². The fourth-order valence-corrected chi connectivity index (χ4v) is 8.15. The van der Waals surface area contributed by atoms with Gasteiger partial charge in [0.25, 0.3) is 0 Å². The van der Waals surface area contributed by atoms with Crippen LogP contribution in [-0.4, -0.2) is 264 Å². The molecule has 4 heterocycles. The molecule has 49 heteroatoms. The van der Waals surface area contributed by atoms with Crippen molar-refractivity contribution in [2.24, 2.45) is 0 Å². The molecule has 0 amide bonds. The summed E-state index contributed by atoms with van der Waals surface area (Å²) in [4.78, 5) is 12.2. The van der Waals surface area contributed by atoms with Crippen molar-refractivity contribution in [3.63, 3.8) is 0 Å². The van der Waals surface area contributed by atoms with Crippen LogP contribution in [0.1, 0.15) is 0 Å². The molecule has 8 unspecified atom stereocenters. The summed E-state index contributed by atoms with van der Waals surface area (Å²) < 4.78 is 214. The maximum Gasteiger partial charge on any atom is 0.397 e. The number of rotatable bonds is 23. The molecule has 4 rings (SSSR count). The first kappa shape index (κ1) is 96.0. The third-order valence-corrected chi connectivity index (χ3v) is 11.3. The van der Waals surface area contributed by atoms with E-state index >= 15 is 0 Å². The maximum absolute atomic E-state index is 11.6. The molecule has 0 aliphatic carbocycles. The molecule has 488 valence electrons. The summed E-state index contributed by atoms with van der Waals surface area (Å²) in [5, 5.41) is 107. The molecule has 4 aliphatic rings. The van der Waals surface area contributed by atoms with Crippen LogP contribution in [0.5, 0.6) is 0 Å². The summed E-state index contributed by atoms with van der Waals surface area (Å²) in [6, 6.07) is 0. The molecular formula is C33H63O42S7+. The summed E-state index contributed by atoms with van der Waals surface area (Å²) in [7, 11) is -20.7. The van der Waals surface area contributed by atoms with Gasteiger partial charge < -0.3 is 108 Å². The van der Waals surface area contributed by atoms with Crippen LogP contribution in [0.15, 0.2) is 0 Å². The van der Waals surface area contributed by atoms with Crippen LogP contribution in [0, 0.1) is 52.0 Å². The third-order valence-electron chi connectivity index (χ3n) is 9.53. The minimum absolute atomic E-state index is 0. The SMILES string of the molecule is CO[C@@H]1O[C@@H](CO)[C@@H](O[C@@H]2OC(CO)[C@@H](O)[C@H](O)C2O)C(O)C1O.CO[C@@H]1O[C@@H](COS(=O)(=O)[O-])[C@@H](O[C@@H]2OC(COS(=O)(=O)O)[C@@H](OO[O-])[C@H](O[O-])C2OS(=O)(=O)[O-])C(OO[O-])C1OS(=O)(=O)[O-].O=S.O=S.O=S.[CH3+].[CH3+].[CH3+].[CH3+].[CH3+].[CH3+].[CH3+]. The molecule has 0 aromatic heterocycles. The first-order valence-corrected chi connectivity index (χ1v) is 25.1. The van der Waals surface area contributed by atoms with Crippen LogP contribution >= 0.6 is 0 Å². The zero-order valence-corrected chi connectivity index (χ0v) is 49.4. The standard InChI is InChI=1S/C13H24O28S4.C13H24O11.7CH3.3OS/c1-29-12-11(39-45(26,27)28)9(37-41-16)6(4(32-12)2-30-42(17,18)19)34-13-10(38-44(23,24)25)8(35-14)7(36-40-15)5(33-13)3-31-43(20,21)22;1-21-12-10(20)8(18)11(5(3-15)23-12)24-13-9(19)7(17)6(16)4(2-14)22-13;;;;;;;;3*1-2/h4-16H,2-3H2,1H3,(H,17,18,19)(H,20,21,22)(H,23,24,25)(H,26,27,28);4-20H,2-3H2,1H3;7*1H3;;;/q;;7*+1;;;/p-6/t4-,5?,6+,7+,8-,9?,10?,11?,12+,13-;4?,5-,6+,7-,8?,9?,10?,11+,12+,13-;;;;;;;;;;/m00........../s1. The Balaban J connectivity index is -0.000000211. The Morgan fingerprint density at radius 1 is 0.427 bits per heavy atom. The van der Waals surface area contributed by atoms with E-state index in [0.717, 1.165) is 7.11 Å². The summed E-state index contributed by atoms with van der Waals surface area (Å²) >= 11 is 8.50. The number of hydrogen-bond acceptors (Lipinski definition) is 44. The van der Waals surface area contributed by atoms with E-state index in [4.69, 9.17) is 60.2 Å². The largest absolute Gasteiger partial charge is 0.726 e. The fourth-order valence-electron chi connectivity index (χ4n) is 6.60. The molecule has 0 radical (unpaired) electrons. The minimum atomic E-state index is -5.96. The van der Waals surface area contributed by atoms with E-state index in [1.807, 2.05) is 0 Å². The molecule has 0 bridgehead atoms. The Labute approximate surface area is 488 Å². The second kappa shape index (κ2) is 45.1. The fraction of sp³-hybridized carbons (Fsp3) is 0.788. The predicted octanol–water partition coefficient (Wildman–Crippen LogP) is -11.3. The van der Waals surface area contributed by atoms with Gasteiger partial charge in [-0.3, -0.25) is 27.2 Å². The van der Waals surface area contributed by atoms with E-state index in [1.54, 1.807) is 0 Å². The van der Waals surface area contributed by atoms with Gasteiger partial charge in [-0.15, -0.1) is 0 Å². The average Bonchev–Trinajstić information content (AvgIpc) is 3.34. The molecule has 8 N–H and O–H groups in total. The maximum atomic E-state index is 11.6. The van der Waals surface area contributed by atoms with Crippen molar-refractivity contribution < 1.29 is 195 Å². The predicted molar refractivity (Wildman–Crippen MR) is 251 cm³/mol. The molecule has 0 aromatic carbocycles. The van der Waals surface area contributed by atoms with E-state index in [-0.39, 0.29) is 52.0 Å². The first-order valence-electron chi connectivity index (χ1n) is 18.8. The molecule has 82 heavy (non-hydrogen) atoms. The topological polar surface area (TPSA) is 645 Å². The van der Waals surface area contributed by atoms with Gasteiger partial charge in [-0.2, -0.15) is 21.0 Å². The summed E-state index contributed by atoms with van der Waals surface area (Å²) in [5.41, 5.74) is 0. The minimum Gasteiger partial charge on any atom is -0.726 e. The summed E-state index contributed by atoms with van der Waals surface area (Å²) in [6.45, 7) is -4.18. The number of ether oxygens (including phenoxy) is 8. The van der Waals surface area contributed by atoms with Gasteiger partial charge in [-0.1, -0.05) is 0 Å². The highest BCUT2D eigenvalue weighted by Crippen LogP contribution is 2.36. The van der Waals surface area contributed by atoms with E-state index in [1.165, 1.54) is 7.11 Å². The van der Waals surface area contributed by atoms with Crippen molar-refractivity contribution in [1.29, 1.82) is 0 Å². The highest BCUT2D eigenvalue weighted by Gasteiger charge is 2.56. The molecule has 20 atom stereocenters. The van der Waals surface area contributed by atoms with Crippen LogP contribution in [0.25, 0.3) is 0 Å². The third kappa shape index (κ3) is 29.9. The molecule has 42 nitrogen and oxygen atoms in total. The number of methoxy groups -OCH3 is 2. The van der Waals surface area contributed by atoms with Crippen LogP contribution < -0.4 is 15.8 Å². The Kier molecular flexibility index (Phi) is 52.8. The van der Waals surface area contributed by atoms with Crippen LogP contribution in [0.2, 0.25) is 0 Å². The molecular weight excluding hydrogens is 1290 g/mol. The lowest BCUT2D eigenvalue weighted by molar-refractivity contribution is -0.812. The average molecular weight is 1360 g/mol. The lowest BCUT2D eigenvalue weighted by Crippen LogP contribution is -2.67. The smallest absolute Gasteiger partial charge is 0.397 e. The Morgan fingerprint density at radius 2 is 0.805 bits per heavy atom. The van der Waals surface area contributed by atoms with Crippen molar-refractivity contribution in [3.8, 4) is 0 Å². The van der Waals surface area contributed by atoms with Crippen LogP contribution in [-0.2, 0) is 159 Å². The highest BCUT2D eigenvalue weighted by molar-refractivity contribution is 7.81. The first-order chi connectivity index (χ1) is 35.0. The molecule has 4 fully saturated rings. The summed E-state index contributed by atoms with van der Waals surface area (Å²) in [6.07, 6.45) is -38.9. The van der Waals surface area contributed by atoms with Crippen molar-refractivity contribution >= 4 is 79.2 Å². The molecule has 0 saturated carbocycles. The van der Waals surface area contributed by atoms with E-state index in [2.05, 4.69) is 79.1 Å². The van der Waals surface area contributed by atoms with Gasteiger partial charge >= 0.3 is 10.4 Å². The Morgan fingerprint density at radius 3 is 1.21 bits per heavy atom. The van der Waals surface area contributed by atoms with Gasteiger partial charge in [-0.05, 0) is 0 Å². The second-order valence-corrected chi connectivity index (χ2v) is 18.0. The van der Waals surface area contributed by atoms with Crippen LogP contribution in [0.4, 0.5) is 0 Å². The normalized spacial score (nSPS) is 33.3. The lowest BCUT2D eigenvalue weighted by atomic mass is 9.97. The van der Waals surface area contributed by atoms with E-state index in [9.17, 15) is 93.7 Å². The Hall–Kier alpha value is -2.29. The Bertz CT molecular complexity index is 2060. The molecule has 0 spiro atoms. The van der Waals surface area contributed by atoms with Crippen molar-refractivity contribution in [2.45, 2.75) is 123 Å². The van der Waals surface area contributed by atoms with Gasteiger partial charge in [0.05, 0.1) is 26.4 Å². The zero-order valence-electron chi connectivity index (χ0n) is 43.7. The number of aliphatic hydroxyl groups is 7. The van der Waals surface area contributed by atoms with Gasteiger partial charge in [-0.25, -0.2) is 39.2 Å². The summed E-state index contributed by atoms with van der Waals surface area (Å²) in [5.74, 6) is 0. The quantitative estimate of drug-likeness (QED) is 0.0155.